The zero-order valence-electron chi connectivity index (χ0n) is 22.8. The smallest absolute Gasteiger partial charge is 0.408 e. The first-order valence-electron chi connectivity index (χ1n) is 12.6. The van der Waals surface area contributed by atoms with Crippen LogP contribution in [-0.2, 0) is 23.8 Å². The number of ether oxygens (including phenoxy) is 3. The van der Waals surface area contributed by atoms with E-state index in [0.717, 1.165) is 22.3 Å². The number of carbonyl (C=O) groups is 4. The van der Waals surface area contributed by atoms with Crippen LogP contribution in [0.5, 0.6) is 0 Å². The lowest BCUT2D eigenvalue weighted by atomic mass is 9.98. The van der Waals surface area contributed by atoms with Crippen molar-refractivity contribution in [1.29, 1.82) is 0 Å². The average molecular weight is 538 g/mol. The van der Waals surface area contributed by atoms with Crippen LogP contribution in [-0.4, -0.2) is 62.0 Å². The van der Waals surface area contributed by atoms with Gasteiger partial charge >= 0.3 is 18.2 Å². The Morgan fingerprint density at radius 1 is 0.872 bits per heavy atom. The van der Waals surface area contributed by atoms with Crippen molar-refractivity contribution in [2.45, 2.75) is 44.8 Å². The third kappa shape index (κ3) is 7.83. The van der Waals surface area contributed by atoms with Crippen molar-refractivity contribution in [2.24, 2.45) is 0 Å². The summed E-state index contributed by atoms with van der Waals surface area (Å²) in [6.45, 7) is 6.33. The normalized spacial score (nSPS) is 14.0. The topological polar surface area (TPSA) is 132 Å². The van der Waals surface area contributed by atoms with Crippen molar-refractivity contribution in [1.82, 2.24) is 16.0 Å². The molecule has 0 radical (unpaired) electrons. The number of alkyl carbamates (subject to hydrolysis) is 2. The molecule has 0 aromatic heterocycles. The fraction of sp³-hybridized carbons (Fsp3) is 0.379. The largest absolute Gasteiger partial charge is 0.467 e. The van der Waals surface area contributed by atoms with Gasteiger partial charge in [-0.1, -0.05) is 60.7 Å². The van der Waals surface area contributed by atoms with Gasteiger partial charge in [0.2, 0.25) is 5.91 Å². The van der Waals surface area contributed by atoms with Crippen LogP contribution in [0.2, 0.25) is 0 Å². The Kier molecular flexibility index (Phi) is 9.34. The molecule has 10 nitrogen and oxygen atoms in total. The van der Waals surface area contributed by atoms with E-state index < -0.39 is 41.7 Å². The standard InChI is InChI=1S/C29H35N3O7/c1-28(2,3)39-27(36)31-17-24(33)32-29(4,25(34)37-5)15-10-16-30-26(35)38-18-23-21-13-8-6-11-19(21)20-12-7-9-14-22(20)23/h6-15,23H,16-18H2,1-5H3,(H,30,35)(H,31,36)(H,32,33)/b15-10+/t29-/m0/s1. The van der Waals surface area contributed by atoms with Crippen LogP contribution in [0.3, 0.4) is 0 Å². The monoisotopic (exact) mass is 537 g/mol. The first-order chi connectivity index (χ1) is 18.4. The van der Waals surface area contributed by atoms with E-state index in [9.17, 15) is 19.2 Å². The van der Waals surface area contributed by atoms with Crippen molar-refractivity contribution in [3.05, 3.63) is 71.8 Å². The van der Waals surface area contributed by atoms with Crippen molar-refractivity contribution < 1.29 is 33.4 Å². The summed E-state index contributed by atoms with van der Waals surface area (Å²) in [7, 11) is 1.19. The number of carbonyl (C=O) groups excluding carboxylic acids is 4. The lowest BCUT2D eigenvalue weighted by Crippen LogP contribution is -2.54. The van der Waals surface area contributed by atoms with Crippen molar-refractivity contribution >= 4 is 24.1 Å². The minimum Gasteiger partial charge on any atom is -0.467 e. The number of methoxy groups -OCH3 is 1. The first kappa shape index (κ1) is 29.2. The molecule has 1 aliphatic carbocycles. The van der Waals surface area contributed by atoms with Gasteiger partial charge in [0.1, 0.15) is 18.8 Å². The van der Waals surface area contributed by atoms with E-state index in [1.807, 2.05) is 36.4 Å². The molecule has 3 N–H and O–H groups in total. The molecule has 39 heavy (non-hydrogen) atoms. The van der Waals surface area contributed by atoms with Crippen LogP contribution in [0.4, 0.5) is 9.59 Å². The fourth-order valence-electron chi connectivity index (χ4n) is 4.26. The Balaban J connectivity index is 1.51. The summed E-state index contributed by atoms with van der Waals surface area (Å²) < 4.78 is 15.4. The molecule has 0 bridgehead atoms. The minimum atomic E-state index is -1.54. The molecule has 2 aromatic carbocycles. The molecule has 0 spiro atoms. The van der Waals surface area contributed by atoms with Crippen LogP contribution in [0.25, 0.3) is 11.1 Å². The van der Waals surface area contributed by atoms with Gasteiger partial charge in [-0.3, -0.25) is 4.79 Å². The van der Waals surface area contributed by atoms with Gasteiger partial charge in [-0.15, -0.1) is 0 Å². The van der Waals surface area contributed by atoms with Gasteiger partial charge in [-0.05, 0) is 49.9 Å². The molecule has 3 amide bonds. The third-order valence-electron chi connectivity index (χ3n) is 5.96. The Labute approximate surface area is 228 Å². The summed E-state index contributed by atoms with van der Waals surface area (Å²) in [5.41, 5.74) is 2.23. The number of hydrogen-bond donors (Lipinski definition) is 3. The second-order valence-electron chi connectivity index (χ2n) is 10.2. The molecule has 0 saturated heterocycles. The number of fused-ring (bicyclic) bond motifs is 3. The molecule has 3 rings (SSSR count). The van der Waals surface area contributed by atoms with E-state index in [1.54, 1.807) is 20.8 Å². The molecule has 0 saturated carbocycles. The summed E-state index contributed by atoms with van der Waals surface area (Å²) in [5.74, 6) is -1.43. The molecule has 1 atom stereocenters. The van der Waals surface area contributed by atoms with Crippen LogP contribution < -0.4 is 16.0 Å². The van der Waals surface area contributed by atoms with E-state index in [2.05, 4.69) is 28.1 Å². The molecule has 1 aliphatic rings. The third-order valence-corrected chi connectivity index (χ3v) is 5.96. The number of amides is 3. The van der Waals surface area contributed by atoms with Crippen LogP contribution >= 0.6 is 0 Å². The highest BCUT2D eigenvalue weighted by Gasteiger charge is 2.33. The molecule has 2 aromatic rings. The lowest BCUT2D eigenvalue weighted by molar-refractivity contribution is -0.147. The Bertz CT molecular complexity index is 1210. The summed E-state index contributed by atoms with van der Waals surface area (Å²) in [4.78, 5) is 48.9. The van der Waals surface area contributed by atoms with Gasteiger partial charge in [0.05, 0.1) is 7.11 Å². The molecular weight excluding hydrogens is 502 g/mol. The molecule has 208 valence electrons. The highest BCUT2D eigenvalue weighted by atomic mass is 16.6. The molecule has 0 fully saturated rings. The Hall–Kier alpha value is -4.34. The van der Waals surface area contributed by atoms with Gasteiger partial charge < -0.3 is 30.2 Å². The van der Waals surface area contributed by atoms with Gasteiger partial charge in [-0.2, -0.15) is 0 Å². The van der Waals surface area contributed by atoms with Crippen molar-refractivity contribution in [3.63, 3.8) is 0 Å². The predicted molar refractivity (Wildman–Crippen MR) is 145 cm³/mol. The van der Waals surface area contributed by atoms with Crippen molar-refractivity contribution in [3.8, 4) is 11.1 Å². The van der Waals surface area contributed by atoms with Gasteiger partial charge in [0.25, 0.3) is 0 Å². The highest BCUT2D eigenvalue weighted by molar-refractivity contribution is 5.91. The zero-order chi connectivity index (χ0) is 28.6. The van der Waals surface area contributed by atoms with E-state index >= 15 is 0 Å². The van der Waals surface area contributed by atoms with E-state index in [0.29, 0.717) is 0 Å². The summed E-state index contributed by atoms with van der Waals surface area (Å²) >= 11 is 0. The Morgan fingerprint density at radius 2 is 1.46 bits per heavy atom. The predicted octanol–water partition coefficient (Wildman–Crippen LogP) is 3.65. The molecule has 10 heteroatoms. The summed E-state index contributed by atoms with van der Waals surface area (Å²) in [6.07, 6.45) is 1.51. The lowest BCUT2D eigenvalue weighted by Gasteiger charge is -2.25. The zero-order valence-corrected chi connectivity index (χ0v) is 22.8. The quantitative estimate of drug-likeness (QED) is 0.253. The van der Waals surface area contributed by atoms with Gasteiger partial charge in [0, 0.05) is 12.5 Å². The number of benzene rings is 2. The minimum absolute atomic E-state index is 0.0370. The fourth-order valence-corrected chi connectivity index (χ4v) is 4.26. The summed E-state index contributed by atoms with van der Waals surface area (Å²) in [5, 5.41) is 7.46. The van der Waals surface area contributed by atoms with Crippen LogP contribution in [0.1, 0.15) is 44.7 Å². The summed E-state index contributed by atoms with van der Waals surface area (Å²) in [6, 6.07) is 16.1. The van der Waals surface area contributed by atoms with E-state index in [-0.39, 0.29) is 19.1 Å². The average Bonchev–Trinajstić information content (AvgIpc) is 3.21. The van der Waals surface area contributed by atoms with E-state index in [1.165, 1.54) is 26.2 Å². The molecule has 0 heterocycles. The molecule has 0 aliphatic heterocycles. The van der Waals surface area contributed by atoms with Crippen molar-refractivity contribution in [2.75, 3.05) is 26.8 Å². The maximum atomic E-state index is 12.4. The second-order valence-corrected chi connectivity index (χ2v) is 10.2. The van der Waals surface area contributed by atoms with Crippen LogP contribution in [0, 0.1) is 0 Å². The van der Waals surface area contributed by atoms with E-state index in [4.69, 9.17) is 14.2 Å². The molecular formula is C29H35N3O7. The maximum absolute atomic E-state index is 12.4. The Morgan fingerprint density at radius 3 is 2.03 bits per heavy atom. The van der Waals surface area contributed by atoms with Gasteiger partial charge in [0.15, 0.2) is 5.54 Å². The highest BCUT2D eigenvalue weighted by Crippen LogP contribution is 2.44. The number of rotatable bonds is 9. The molecule has 0 unspecified atom stereocenters. The number of esters is 1. The number of hydrogen-bond acceptors (Lipinski definition) is 7. The number of nitrogens with one attached hydrogen (secondary N) is 3. The van der Waals surface area contributed by atoms with Gasteiger partial charge in [-0.25, -0.2) is 14.4 Å². The maximum Gasteiger partial charge on any atom is 0.408 e. The van der Waals surface area contributed by atoms with Crippen LogP contribution in [0.15, 0.2) is 60.7 Å². The first-order valence-corrected chi connectivity index (χ1v) is 12.6. The second kappa shape index (κ2) is 12.5. The SMILES string of the molecule is COC(=O)[C@](C)(/C=C/CNC(=O)OCC1c2ccccc2-c2ccccc21)NC(=O)CNC(=O)OC(C)(C)C.